The largest absolute Gasteiger partial charge is 0.261 e. The molecule has 114 valence electrons. The van der Waals surface area contributed by atoms with Gasteiger partial charge in [0, 0.05) is 29.2 Å². The molecule has 0 aliphatic heterocycles. The number of pyridine rings is 1. The molecule has 0 fully saturated rings. The second-order valence-electron chi connectivity index (χ2n) is 5.73. The van der Waals surface area contributed by atoms with E-state index in [2.05, 4.69) is 48.7 Å². The van der Waals surface area contributed by atoms with Gasteiger partial charge < -0.3 is 0 Å². The second kappa shape index (κ2) is 8.50. The molecule has 0 aromatic carbocycles. The number of nitrogens with zero attached hydrogens (tertiary/aromatic N) is 3. The fourth-order valence-electron chi connectivity index (χ4n) is 1.89. The highest BCUT2D eigenvalue weighted by atomic mass is 14.9. The molecule has 2 rings (SSSR count). The van der Waals surface area contributed by atoms with E-state index in [1.165, 1.54) is 5.69 Å². The van der Waals surface area contributed by atoms with Crippen molar-refractivity contribution in [3.63, 3.8) is 0 Å². The van der Waals surface area contributed by atoms with Gasteiger partial charge in [-0.2, -0.15) is 0 Å². The molecule has 2 aromatic heterocycles. The van der Waals surface area contributed by atoms with E-state index in [-0.39, 0.29) is 0 Å². The van der Waals surface area contributed by atoms with Crippen LogP contribution in [0.25, 0.3) is 0 Å². The second-order valence-corrected chi connectivity index (χ2v) is 5.73. The molecular weight excluding hydrogens is 258 g/mol. The molecular formula is C18H27N3. The molecule has 21 heavy (non-hydrogen) atoms. The molecule has 0 amide bonds. The van der Waals surface area contributed by atoms with E-state index < -0.39 is 0 Å². The minimum Gasteiger partial charge on any atom is -0.261 e. The average molecular weight is 285 g/mol. The monoisotopic (exact) mass is 285 g/mol. The lowest BCUT2D eigenvalue weighted by Crippen LogP contribution is -2.00. The molecule has 0 aliphatic rings. The first-order chi connectivity index (χ1) is 9.93. The maximum Gasteiger partial charge on any atom is 0.131 e. The van der Waals surface area contributed by atoms with Crippen LogP contribution in [0.15, 0.2) is 30.5 Å². The maximum absolute atomic E-state index is 4.32. The van der Waals surface area contributed by atoms with Crippen LogP contribution in [-0.2, 0) is 0 Å². The van der Waals surface area contributed by atoms with Crippen molar-refractivity contribution in [3.8, 4) is 0 Å². The van der Waals surface area contributed by atoms with Gasteiger partial charge in [0.05, 0.1) is 0 Å². The predicted molar refractivity (Wildman–Crippen MR) is 88.5 cm³/mol. The lowest BCUT2D eigenvalue weighted by atomic mass is 10.1. The SMILES string of the molecule is CCC(C)c1ccccn1.Cc1cc(C)nc(C(C)C)n1. The van der Waals surface area contributed by atoms with E-state index >= 15 is 0 Å². The maximum atomic E-state index is 4.32. The third-order valence-corrected chi connectivity index (χ3v) is 3.32. The smallest absolute Gasteiger partial charge is 0.131 e. The van der Waals surface area contributed by atoms with Crippen molar-refractivity contribution < 1.29 is 0 Å². The van der Waals surface area contributed by atoms with Crippen LogP contribution in [0.2, 0.25) is 0 Å². The van der Waals surface area contributed by atoms with Gasteiger partial charge in [-0.05, 0) is 44.4 Å². The van der Waals surface area contributed by atoms with Crippen molar-refractivity contribution in [1.82, 2.24) is 15.0 Å². The molecule has 0 radical (unpaired) electrons. The lowest BCUT2D eigenvalue weighted by Gasteiger charge is -2.05. The quantitative estimate of drug-likeness (QED) is 0.812. The Balaban J connectivity index is 0.000000211. The van der Waals surface area contributed by atoms with Crippen LogP contribution < -0.4 is 0 Å². The fourth-order valence-corrected chi connectivity index (χ4v) is 1.89. The van der Waals surface area contributed by atoms with Crippen LogP contribution >= 0.6 is 0 Å². The summed E-state index contributed by atoms with van der Waals surface area (Å²) in [7, 11) is 0. The van der Waals surface area contributed by atoms with E-state index in [0.29, 0.717) is 11.8 Å². The third kappa shape index (κ3) is 6.03. The number of hydrogen-bond acceptors (Lipinski definition) is 3. The Morgan fingerprint density at radius 1 is 1.00 bits per heavy atom. The summed E-state index contributed by atoms with van der Waals surface area (Å²) in [6.45, 7) is 12.6. The van der Waals surface area contributed by atoms with E-state index in [0.717, 1.165) is 23.6 Å². The van der Waals surface area contributed by atoms with Crippen LogP contribution in [-0.4, -0.2) is 15.0 Å². The molecule has 2 heterocycles. The van der Waals surface area contributed by atoms with Crippen molar-refractivity contribution in [2.24, 2.45) is 0 Å². The lowest BCUT2D eigenvalue weighted by molar-refractivity contribution is 0.708. The van der Waals surface area contributed by atoms with Crippen LogP contribution in [0, 0.1) is 13.8 Å². The van der Waals surface area contributed by atoms with Crippen LogP contribution in [0.4, 0.5) is 0 Å². The van der Waals surface area contributed by atoms with Gasteiger partial charge in [0.25, 0.3) is 0 Å². The summed E-state index contributed by atoms with van der Waals surface area (Å²) in [6, 6.07) is 8.06. The number of aryl methyl sites for hydroxylation is 2. The molecule has 0 saturated heterocycles. The Morgan fingerprint density at radius 3 is 2.05 bits per heavy atom. The number of aromatic nitrogens is 3. The predicted octanol–water partition coefficient (Wildman–Crippen LogP) is 4.81. The number of hydrogen-bond donors (Lipinski definition) is 0. The summed E-state index contributed by atoms with van der Waals surface area (Å²) in [5, 5.41) is 0. The summed E-state index contributed by atoms with van der Waals surface area (Å²) in [4.78, 5) is 12.9. The molecule has 2 aromatic rings. The molecule has 3 heteroatoms. The van der Waals surface area contributed by atoms with Gasteiger partial charge in [-0.3, -0.25) is 4.98 Å². The summed E-state index contributed by atoms with van der Waals surface area (Å²) in [5.74, 6) is 1.97. The minimum absolute atomic E-state index is 0.425. The molecule has 1 unspecified atom stereocenters. The van der Waals surface area contributed by atoms with Gasteiger partial charge in [-0.25, -0.2) is 9.97 Å². The first-order valence-corrected chi connectivity index (χ1v) is 7.67. The van der Waals surface area contributed by atoms with Gasteiger partial charge in [-0.1, -0.05) is 33.8 Å². The zero-order valence-corrected chi connectivity index (χ0v) is 14.1. The molecule has 0 aliphatic carbocycles. The van der Waals surface area contributed by atoms with Gasteiger partial charge in [0.1, 0.15) is 5.82 Å². The molecule has 3 nitrogen and oxygen atoms in total. The zero-order valence-electron chi connectivity index (χ0n) is 14.1. The van der Waals surface area contributed by atoms with Crippen LogP contribution in [0.3, 0.4) is 0 Å². The molecule has 0 saturated carbocycles. The normalized spacial score (nSPS) is 11.8. The van der Waals surface area contributed by atoms with Crippen LogP contribution in [0.1, 0.15) is 68.9 Å². The highest BCUT2D eigenvalue weighted by Gasteiger charge is 2.03. The minimum atomic E-state index is 0.425. The molecule has 1 atom stereocenters. The standard InChI is InChI=1S/C9H14N2.C9H13N/c1-6(2)9-10-7(3)5-8(4)11-9;1-3-8(2)9-6-4-5-7-10-9/h5-6H,1-4H3;4-8H,3H2,1-2H3. The average Bonchev–Trinajstić information content (AvgIpc) is 2.47. The van der Waals surface area contributed by atoms with Gasteiger partial charge in [-0.15, -0.1) is 0 Å². The summed E-state index contributed by atoms with van der Waals surface area (Å²) in [5.41, 5.74) is 3.31. The van der Waals surface area contributed by atoms with Gasteiger partial charge >= 0.3 is 0 Å². The molecule has 0 bridgehead atoms. The molecule has 0 spiro atoms. The first kappa shape index (κ1) is 17.3. The Kier molecular flexibility index (Phi) is 7.00. The van der Waals surface area contributed by atoms with E-state index in [1.54, 1.807) is 0 Å². The van der Waals surface area contributed by atoms with E-state index in [1.807, 2.05) is 38.2 Å². The first-order valence-electron chi connectivity index (χ1n) is 7.67. The van der Waals surface area contributed by atoms with Crippen molar-refractivity contribution in [1.29, 1.82) is 0 Å². The third-order valence-electron chi connectivity index (χ3n) is 3.32. The van der Waals surface area contributed by atoms with E-state index in [4.69, 9.17) is 0 Å². The van der Waals surface area contributed by atoms with Gasteiger partial charge in [0.15, 0.2) is 0 Å². The topological polar surface area (TPSA) is 38.7 Å². The Labute approximate surface area is 128 Å². The Hall–Kier alpha value is -1.77. The molecule has 0 N–H and O–H groups in total. The summed E-state index contributed by atoms with van der Waals surface area (Å²) >= 11 is 0. The Bertz CT molecular complexity index is 515. The Morgan fingerprint density at radius 2 is 1.62 bits per heavy atom. The van der Waals surface area contributed by atoms with Gasteiger partial charge in [0.2, 0.25) is 0 Å². The van der Waals surface area contributed by atoms with Crippen molar-refractivity contribution in [2.75, 3.05) is 0 Å². The fraction of sp³-hybridized carbons (Fsp3) is 0.500. The van der Waals surface area contributed by atoms with Crippen molar-refractivity contribution >= 4 is 0 Å². The van der Waals surface area contributed by atoms with Crippen molar-refractivity contribution in [2.45, 2.75) is 59.8 Å². The summed E-state index contributed by atoms with van der Waals surface area (Å²) in [6.07, 6.45) is 3.01. The van der Waals surface area contributed by atoms with Crippen molar-refractivity contribution in [3.05, 3.63) is 53.4 Å². The van der Waals surface area contributed by atoms with Crippen LogP contribution in [0.5, 0.6) is 0 Å². The highest BCUT2D eigenvalue weighted by molar-refractivity contribution is 5.10. The highest BCUT2D eigenvalue weighted by Crippen LogP contribution is 2.14. The summed E-state index contributed by atoms with van der Waals surface area (Å²) < 4.78 is 0. The number of rotatable bonds is 3. The van der Waals surface area contributed by atoms with E-state index in [9.17, 15) is 0 Å². The zero-order chi connectivity index (χ0) is 15.8.